The Hall–Kier alpha value is -1.44. The van der Waals surface area contributed by atoms with Gasteiger partial charge in [0.1, 0.15) is 5.82 Å². The fraction of sp³-hybridized carbons (Fsp3) is 0.182. The van der Waals surface area contributed by atoms with E-state index in [1.165, 1.54) is 0 Å². The second-order valence-electron chi connectivity index (χ2n) is 3.23. The number of rotatable bonds is 3. The van der Waals surface area contributed by atoms with Gasteiger partial charge in [-0.1, -0.05) is 0 Å². The largest absolute Gasteiger partial charge is 0.481 e. The van der Waals surface area contributed by atoms with Gasteiger partial charge in [-0.25, -0.2) is 15.0 Å². The Morgan fingerprint density at radius 2 is 2.06 bits per heavy atom. The third-order valence-corrected chi connectivity index (χ3v) is 2.97. The Morgan fingerprint density at radius 3 is 2.65 bits per heavy atom. The Balaban J connectivity index is 2.38. The highest BCUT2D eigenvalue weighted by Crippen LogP contribution is 2.20. The van der Waals surface area contributed by atoms with Crippen LogP contribution in [0, 0.1) is 3.57 Å². The van der Waals surface area contributed by atoms with E-state index in [4.69, 9.17) is 4.74 Å². The minimum absolute atomic E-state index is 0.577. The van der Waals surface area contributed by atoms with Crippen molar-refractivity contribution in [2.75, 3.05) is 19.5 Å². The first-order valence-electron chi connectivity index (χ1n) is 4.95. The van der Waals surface area contributed by atoms with E-state index in [-0.39, 0.29) is 0 Å². The molecular formula is C11H11IN4O. The maximum Gasteiger partial charge on any atom is 0.212 e. The molecule has 0 unspecified atom stereocenters. The topological polar surface area (TPSA) is 59.9 Å². The molecule has 0 amide bonds. The second kappa shape index (κ2) is 5.26. The van der Waals surface area contributed by atoms with Crippen molar-refractivity contribution in [2.24, 2.45) is 0 Å². The molecule has 2 aromatic rings. The fourth-order valence-corrected chi connectivity index (χ4v) is 1.84. The molecule has 0 radical (unpaired) electrons. The zero-order valence-corrected chi connectivity index (χ0v) is 11.6. The van der Waals surface area contributed by atoms with Gasteiger partial charge < -0.3 is 10.1 Å². The molecule has 2 aromatic heterocycles. The summed E-state index contributed by atoms with van der Waals surface area (Å²) in [6, 6.07) is 3.67. The summed E-state index contributed by atoms with van der Waals surface area (Å²) in [5.74, 6) is 2.03. The van der Waals surface area contributed by atoms with Crippen LogP contribution in [0.15, 0.2) is 24.5 Å². The molecule has 0 spiro atoms. The normalized spacial score (nSPS) is 10.1. The van der Waals surface area contributed by atoms with Crippen LogP contribution in [0.4, 0.5) is 5.82 Å². The predicted molar refractivity (Wildman–Crippen MR) is 74.1 cm³/mol. The molecule has 0 bridgehead atoms. The van der Waals surface area contributed by atoms with Gasteiger partial charge in [0.05, 0.1) is 10.7 Å². The van der Waals surface area contributed by atoms with Gasteiger partial charge >= 0.3 is 0 Å². The maximum absolute atomic E-state index is 5.00. The van der Waals surface area contributed by atoms with Crippen molar-refractivity contribution in [2.45, 2.75) is 0 Å². The SMILES string of the molecule is CNc1nc(-c2ccc(OC)nc2)ncc1I. The van der Waals surface area contributed by atoms with E-state index in [0.717, 1.165) is 15.0 Å². The monoisotopic (exact) mass is 342 g/mol. The predicted octanol–water partition coefficient (Wildman–Crippen LogP) is 2.19. The lowest BCUT2D eigenvalue weighted by atomic mass is 10.2. The molecule has 2 rings (SSSR count). The Morgan fingerprint density at radius 1 is 1.24 bits per heavy atom. The van der Waals surface area contributed by atoms with E-state index in [1.54, 1.807) is 25.6 Å². The molecule has 5 nitrogen and oxygen atoms in total. The third kappa shape index (κ3) is 2.63. The van der Waals surface area contributed by atoms with Gasteiger partial charge in [0.2, 0.25) is 5.88 Å². The van der Waals surface area contributed by atoms with Crippen molar-refractivity contribution in [1.29, 1.82) is 0 Å². The maximum atomic E-state index is 5.00. The molecular weight excluding hydrogens is 331 g/mol. The zero-order valence-electron chi connectivity index (χ0n) is 9.44. The number of ether oxygens (including phenoxy) is 1. The van der Waals surface area contributed by atoms with Crippen LogP contribution in [0.25, 0.3) is 11.4 Å². The van der Waals surface area contributed by atoms with Crippen molar-refractivity contribution in [1.82, 2.24) is 15.0 Å². The van der Waals surface area contributed by atoms with Crippen molar-refractivity contribution >= 4 is 28.4 Å². The average molecular weight is 342 g/mol. The first-order chi connectivity index (χ1) is 8.24. The summed E-state index contributed by atoms with van der Waals surface area (Å²) in [6.45, 7) is 0. The fourth-order valence-electron chi connectivity index (χ4n) is 1.31. The van der Waals surface area contributed by atoms with E-state index in [0.29, 0.717) is 11.7 Å². The van der Waals surface area contributed by atoms with Gasteiger partial charge in [-0.3, -0.25) is 0 Å². The molecule has 17 heavy (non-hydrogen) atoms. The lowest BCUT2D eigenvalue weighted by Gasteiger charge is -2.05. The Labute approximate surface area is 113 Å². The van der Waals surface area contributed by atoms with Crippen LogP contribution in [0.2, 0.25) is 0 Å². The Bertz CT molecular complexity index is 515. The van der Waals surface area contributed by atoms with E-state index in [1.807, 2.05) is 13.1 Å². The van der Waals surface area contributed by atoms with E-state index in [9.17, 15) is 0 Å². The minimum Gasteiger partial charge on any atom is -0.481 e. The number of nitrogens with zero attached hydrogens (tertiary/aromatic N) is 3. The lowest BCUT2D eigenvalue weighted by Crippen LogP contribution is -1.99. The van der Waals surface area contributed by atoms with Gasteiger partial charge in [0, 0.05) is 31.1 Å². The smallest absolute Gasteiger partial charge is 0.212 e. The summed E-state index contributed by atoms with van der Waals surface area (Å²) in [5.41, 5.74) is 0.860. The molecule has 0 aliphatic carbocycles. The first-order valence-corrected chi connectivity index (χ1v) is 6.03. The standard InChI is InChI=1S/C11H11IN4O/c1-13-11-8(12)6-15-10(16-11)7-3-4-9(17-2)14-5-7/h3-6H,1-2H3,(H,13,15,16). The quantitative estimate of drug-likeness (QED) is 0.867. The van der Waals surface area contributed by atoms with Gasteiger partial charge in [-0.05, 0) is 28.7 Å². The summed E-state index contributed by atoms with van der Waals surface area (Å²) in [5, 5.41) is 3.02. The number of pyridine rings is 1. The number of nitrogens with one attached hydrogen (secondary N) is 1. The molecule has 0 atom stereocenters. The lowest BCUT2D eigenvalue weighted by molar-refractivity contribution is 0.398. The third-order valence-electron chi connectivity index (χ3n) is 2.18. The summed E-state index contributed by atoms with van der Waals surface area (Å²) in [4.78, 5) is 12.8. The van der Waals surface area contributed by atoms with Gasteiger partial charge in [0.15, 0.2) is 5.82 Å². The van der Waals surface area contributed by atoms with Gasteiger partial charge in [0.25, 0.3) is 0 Å². The summed E-state index contributed by atoms with van der Waals surface area (Å²) < 4.78 is 5.99. The van der Waals surface area contributed by atoms with Crippen LogP contribution in [-0.2, 0) is 0 Å². The number of hydrogen-bond acceptors (Lipinski definition) is 5. The van der Waals surface area contributed by atoms with Crippen molar-refractivity contribution in [3.8, 4) is 17.3 Å². The molecule has 0 aliphatic heterocycles. The molecule has 2 heterocycles. The number of hydrogen-bond donors (Lipinski definition) is 1. The van der Waals surface area contributed by atoms with Crippen LogP contribution in [0.3, 0.4) is 0 Å². The van der Waals surface area contributed by atoms with E-state index < -0.39 is 0 Å². The van der Waals surface area contributed by atoms with Crippen LogP contribution < -0.4 is 10.1 Å². The highest BCUT2D eigenvalue weighted by atomic mass is 127. The number of methoxy groups -OCH3 is 1. The molecule has 0 fully saturated rings. The first kappa shape index (κ1) is 12.0. The van der Waals surface area contributed by atoms with Gasteiger partial charge in [-0.2, -0.15) is 0 Å². The summed E-state index contributed by atoms with van der Waals surface area (Å²) in [7, 11) is 3.42. The highest BCUT2D eigenvalue weighted by Gasteiger charge is 2.06. The van der Waals surface area contributed by atoms with Crippen LogP contribution in [-0.4, -0.2) is 29.1 Å². The molecule has 1 N–H and O–H groups in total. The van der Waals surface area contributed by atoms with Gasteiger partial charge in [-0.15, -0.1) is 0 Å². The summed E-state index contributed by atoms with van der Waals surface area (Å²) >= 11 is 2.18. The molecule has 0 saturated heterocycles. The van der Waals surface area contributed by atoms with Crippen molar-refractivity contribution in [3.05, 3.63) is 28.1 Å². The molecule has 0 aliphatic rings. The molecule has 0 aromatic carbocycles. The second-order valence-corrected chi connectivity index (χ2v) is 4.39. The molecule has 0 saturated carbocycles. The minimum atomic E-state index is 0.577. The number of halogens is 1. The highest BCUT2D eigenvalue weighted by molar-refractivity contribution is 14.1. The van der Waals surface area contributed by atoms with Crippen LogP contribution in [0.1, 0.15) is 0 Å². The zero-order chi connectivity index (χ0) is 12.3. The molecule has 6 heteroatoms. The average Bonchev–Trinajstić information content (AvgIpc) is 2.39. The van der Waals surface area contributed by atoms with E-state index in [2.05, 4.69) is 42.9 Å². The number of anilines is 1. The Kier molecular flexibility index (Phi) is 3.72. The molecule has 88 valence electrons. The van der Waals surface area contributed by atoms with Crippen molar-refractivity contribution in [3.63, 3.8) is 0 Å². The number of aromatic nitrogens is 3. The van der Waals surface area contributed by atoms with Crippen LogP contribution in [0.5, 0.6) is 5.88 Å². The summed E-state index contributed by atoms with van der Waals surface area (Å²) in [6.07, 6.45) is 3.47. The van der Waals surface area contributed by atoms with Crippen molar-refractivity contribution < 1.29 is 4.74 Å². The van der Waals surface area contributed by atoms with E-state index >= 15 is 0 Å². The van der Waals surface area contributed by atoms with Crippen LogP contribution >= 0.6 is 22.6 Å².